The first-order valence-corrected chi connectivity index (χ1v) is 8.82. The molecular formula is C20H18N2O7. The molecule has 3 rings (SSSR count). The van der Waals surface area contributed by atoms with E-state index in [-0.39, 0.29) is 35.9 Å². The number of carbonyl (C=O) groups is 3. The summed E-state index contributed by atoms with van der Waals surface area (Å²) in [7, 11) is 1.66. The third-order valence-corrected chi connectivity index (χ3v) is 4.50. The summed E-state index contributed by atoms with van der Waals surface area (Å²) < 4.78 is 10.2. The van der Waals surface area contributed by atoms with Crippen molar-refractivity contribution in [3.63, 3.8) is 0 Å². The van der Waals surface area contributed by atoms with Gasteiger partial charge in [0.2, 0.25) is 5.91 Å². The molecule has 2 aromatic carbocycles. The van der Waals surface area contributed by atoms with E-state index in [9.17, 15) is 24.5 Å². The summed E-state index contributed by atoms with van der Waals surface area (Å²) in [4.78, 5) is 48.3. The molecule has 0 fully saturated rings. The first kappa shape index (κ1) is 20.0. The van der Waals surface area contributed by atoms with Crippen molar-refractivity contribution in [2.75, 3.05) is 25.2 Å². The van der Waals surface area contributed by atoms with E-state index in [1.165, 1.54) is 17.0 Å². The largest absolute Gasteiger partial charge is 0.487 e. The quantitative estimate of drug-likeness (QED) is 0.304. The second-order valence-corrected chi connectivity index (χ2v) is 6.34. The van der Waals surface area contributed by atoms with Crippen molar-refractivity contribution in [2.24, 2.45) is 0 Å². The average molecular weight is 398 g/mol. The summed E-state index contributed by atoms with van der Waals surface area (Å²) in [5.41, 5.74) is 1.37. The molecule has 0 N–H and O–H groups in total. The number of carbonyl (C=O) groups excluding carboxylic acids is 3. The number of hydrogen-bond acceptors (Lipinski definition) is 7. The number of rotatable bonds is 7. The molecule has 0 atom stereocenters. The lowest BCUT2D eigenvalue weighted by Crippen LogP contribution is -2.20. The molecule has 0 radical (unpaired) electrons. The van der Waals surface area contributed by atoms with Crippen LogP contribution in [0.2, 0.25) is 0 Å². The Balaban J connectivity index is 1.69. The fraction of sp³-hybridized carbons (Fsp3) is 0.250. The summed E-state index contributed by atoms with van der Waals surface area (Å²) in [6.45, 7) is 1.40. The van der Waals surface area contributed by atoms with Gasteiger partial charge in [0, 0.05) is 24.4 Å². The molecule has 1 amide bonds. The predicted molar refractivity (Wildman–Crippen MR) is 102 cm³/mol. The molecule has 0 unspecified atom stereocenters. The molecule has 9 nitrogen and oxygen atoms in total. The Bertz CT molecular complexity index is 1020. The number of nitrogens with zero attached hydrogens (tertiary/aromatic N) is 2. The predicted octanol–water partition coefficient (Wildman–Crippen LogP) is 2.55. The Morgan fingerprint density at radius 1 is 1.17 bits per heavy atom. The third-order valence-electron chi connectivity index (χ3n) is 4.50. The number of fused-ring (bicyclic) bond motifs is 1. The van der Waals surface area contributed by atoms with Gasteiger partial charge in [-0.15, -0.1) is 0 Å². The van der Waals surface area contributed by atoms with Crippen molar-refractivity contribution in [3.05, 3.63) is 63.2 Å². The highest BCUT2D eigenvalue weighted by molar-refractivity contribution is 6.04. The second kappa shape index (κ2) is 8.09. The monoisotopic (exact) mass is 398 g/mol. The summed E-state index contributed by atoms with van der Waals surface area (Å²) >= 11 is 0. The number of anilines is 1. The molecule has 1 aliphatic heterocycles. The van der Waals surface area contributed by atoms with E-state index in [1.807, 2.05) is 0 Å². The zero-order valence-corrected chi connectivity index (χ0v) is 15.8. The number of amides is 1. The normalized spacial score (nSPS) is 12.5. The van der Waals surface area contributed by atoms with Gasteiger partial charge in [-0.25, -0.2) is 4.79 Å². The van der Waals surface area contributed by atoms with Crippen LogP contribution in [-0.2, 0) is 16.0 Å². The maximum atomic E-state index is 12.4. The Kier molecular flexibility index (Phi) is 5.58. The lowest BCUT2D eigenvalue weighted by molar-refractivity contribution is -0.385. The van der Waals surface area contributed by atoms with Gasteiger partial charge < -0.3 is 14.4 Å². The molecule has 1 heterocycles. The maximum absolute atomic E-state index is 12.4. The van der Waals surface area contributed by atoms with Gasteiger partial charge in [-0.2, -0.15) is 0 Å². The van der Waals surface area contributed by atoms with E-state index in [1.54, 1.807) is 32.2 Å². The smallest absolute Gasteiger partial charge is 0.338 e. The summed E-state index contributed by atoms with van der Waals surface area (Å²) in [6.07, 6.45) is 0.211. The molecular weight excluding hydrogens is 380 g/mol. The van der Waals surface area contributed by atoms with Crippen LogP contribution in [0.25, 0.3) is 0 Å². The van der Waals surface area contributed by atoms with Gasteiger partial charge in [-0.3, -0.25) is 19.7 Å². The lowest BCUT2D eigenvalue weighted by atomic mass is 10.1. The number of ether oxygens (including phenoxy) is 2. The Morgan fingerprint density at radius 2 is 1.90 bits per heavy atom. The van der Waals surface area contributed by atoms with Crippen LogP contribution in [-0.4, -0.2) is 42.8 Å². The van der Waals surface area contributed by atoms with Crippen LogP contribution < -0.4 is 9.64 Å². The molecule has 2 aromatic rings. The molecule has 1 aliphatic rings. The fourth-order valence-corrected chi connectivity index (χ4v) is 3.01. The lowest BCUT2D eigenvalue weighted by Gasteiger charge is -2.10. The fourth-order valence-electron chi connectivity index (χ4n) is 3.01. The van der Waals surface area contributed by atoms with Crippen molar-refractivity contribution in [1.29, 1.82) is 0 Å². The summed E-state index contributed by atoms with van der Waals surface area (Å²) in [6, 6.07) is 8.54. The third kappa shape index (κ3) is 4.08. The van der Waals surface area contributed by atoms with Gasteiger partial charge in [0.05, 0.1) is 23.5 Å². The van der Waals surface area contributed by atoms with E-state index < -0.39 is 23.3 Å². The van der Waals surface area contributed by atoms with Gasteiger partial charge in [0.1, 0.15) is 0 Å². The molecule has 9 heteroatoms. The highest BCUT2D eigenvalue weighted by Gasteiger charge is 2.25. The van der Waals surface area contributed by atoms with Gasteiger partial charge in [0.25, 0.3) is 0 Å². The van der Waals surface area contributed by atoms with Gasteiger partial charge in [0.15, 0.2) is 18.1 Å². The summed E-state index contributed by atoms with van der Waals surface area (Å²) in [5.74, 6) is -1.32. The SMILES string of the molecule is CCOc1ccc(C(=O)OCC(=O)c2ccc3c(c2)CC(=O)N3C)cc1[N+](=O)[O-]. The van der Waals surface area contributed by atoms with Crippen molar-refractivity contribution in [1.82, 2.24) is 0 Å². The van der Waals surface area contributed by atoms with Crippen molar-refractivity contribution < 1.29 is 28.8 Å². The summed E-state index contributed by atoms with van der Waals surface area (Å²) in [5, 5.41) is 11.2. The Labute approximate surface area is 166 Å². The topological polar surface area (TPSA) is 116 Å². The van der Waals surface area contributed by atoms with Gasteiger partial charge in [-0.1, -0.05) is 0 Å². The maximum Gasteiger partial charge on any atom is 0.338 e. The number of likely N-dealkylation sites (N-methyl/N-ethyl adjacent to an activating group) is 1. The molecule has 0 saturated heterocycles. The van der Waals surface area contributed by atoms with Crippen LogP contribution in [0, 0.1) is 10.1 Å². The van der Waals surface area contributed by atoms with E-state index in [0.717, 1.165) is 17.3 Å². The number of nitro groups is 1. The van der Waals surface area contributed by atoms with Crippen LogP contribution in [0.5, 0.6) is 5.75 Å². The van der Waals surface area contributed by atoms with Crippen molar-refractivity contribution in [2.45, 2.75) is 13.3 Å². The zero-order valence-electron chi connectivity index (χ0n) is 15.8. The van der Waals surface area contributed by atoms with E-state index >= 15 is 0 Å². The highest BCUT2D eigenvalue weighted by atomic mass is 16.6. The Hall–Kier alpha value is -3.75. The minimum Gasteiger partial charge on any atom is -0.487 e. The number of Topliss-reactive ketones (excluding diaryl/α,β-unsaturated/α-hetero) is 1. The van der Waals surface area contributed by atoms with Crippen LogP contribution >= 0.6 is 0 Å². The number of nitro benzene ring substituents is 1. The number of ketones is 1. The first-order valence-electron chi connectivity index (χ1n) is 8.82. The second-order valence-electron chi connectivity index (χ2n) is 6.34. The minimum atomic E-state index is -0.861. The number of benzene rings is 2. The zero-order chi connectivity index (χ0) is 21.1. The molecule has 0 aliphatic carbocycles. The Morgan fingerprint density at radius 3 is 2.59 bits per heavy atom. The van der Waals surface area contributed by atoms with Crippen LogP contribution in [0.1, 0.15) is 33.2 Å². The molecule has 29 heavy (non-hydrogen) atoms. The standard InChI is InChI=1S/C20H18N2O7/c1-3-28-18-7-5-13(9-16(18)22(26)27)20(25)29-11-17(23)12-4-6-15-14(8-12)10-19(24)21(15)2/h4-9H,3,10-11H2,1-2H3. The van der Waals surface area contributed by atoms with Crippen molar-refractivity contribution in [3.8, 4) is 5.75 Å². The molecule has 150 valence electrons. The van der Waals surface area contributed by atoms with E-state index in [0.29, 0.717) is 5.56 Å². The van der Waals surface area contributed by atoms with Gasteiger partial charge in [-0.05, 0) is 42.8 Å². The highest BCUT2D eigenvalue weighted by Crippen LogP contribution is 2.29. The van der Waals surface area contributed by atoms with Crippen LogP contribution in [0.3, 0.4) is 0 Å². The molecule has 0 bridgehead atoms. The average Bonchev–Trinajstić information content (AvgIpc) is 2.99. The van der Waals surface area contributed by atoms with Gasteiger partial charge >= 0.3 is 11.7 Å². The first-order chi connectivity index (χ1) is 13.8. The number of esters is 1. The van der Waals surface area contributed by atoms with Crippen molar-refractivity contribution >= 4 is 29.0 Å². The minimum absolute atomic E-state index is 0.0442. The number of hydrogen-bond donors (Lipinski definition) is 0. The molecule has 0 spiro atoms. The molecule has 0 aromatic heterocycles. The molecule has 0 saturated carbocycles. The van der Waals surface area contributed by atoms with Crippen LogP contribution in [0.15, 0.2) is 36.4 Å². The van der Waals surface area contributed by atoms with E-state index in [4.69, 9.17) is 9.47 Å². The van der Waals surface area contributed by atoms with Crippen LogP contribution in [0.4, 0.5) is 11.4 Å². The van der Waals surface area contributed by atoms with E-state index in [2.05, 4.69) is 0 Å².